The Bertz CT molecular complexity index is 1210. The van der Waals surface area contributed by atoms with Gasteiger partial charge in [0.1, 0.15) is 24.0 Å². The van der Waals surface area contributed by atoms with E-state index in [1.54, 1.807) is 18.4 Å². The Morgan fingerprint density at radius 1 is 1.03 bits per heavy atom. The lowest BCUT2D eigenvalue weighted by Gasteiger charge is -2.36. The Balaban J connectivity index is 1.07. The van der Waals surface area contributed by atoms with Gasteiger partial charge >= 0.3 is 0 Å². The molecule has 1 aromatic heterocycles. The van der Waals surface area contributed by atoms with Crippen molar-refractivity contribution in [2.75, 3.05) is 62.8 Å². The van der Waals surface area contributed by atoms with E-state index in [1.807, 2.05) is 28.0 Å². The number of amides is 1. The highest BCUT2D eigenvalue weighted by Gasteiger charge is 2.26. The van der Waals surface area contributed by atoms with E-state index in [4.69, 9.17) is 14.5 Å². The van der Waals surface area contributed by atoms with Crippen molar-refractivity contribution in [2.45, 2.75) is 25.9 Å². The molecule has 0 aliphatic carbocycles. The maximum absolute atomic E-state index is 13.9. The molecular weight excluding hydrogens is 486 g/mol. The summed E-state index contributed by atoms with van der Waals surface area (Å²) < 4.78 is 40.1. The van der Waals surface area contributed by atoms with Crippen LogP contribution in [0.2, 0.25) is 0 Å². The zero-order valence-electron chi connectivity index (χ0n) is 20.5. The molecule has 10 heteroatoms. The maximum Gasteiger partial charge on any atom is 0.248 e. The quantitative estimate of drug-likeness (QED) is 0.489. The van der Waals surface area contributed by atoms with Crippen LogP contribution in [0.1, 0.15) is 18.4 Å². The highest BCUT2D eigenvalue weighted by Crippen LogP contribution is 2.31. The molecule has 2 fully saturated rings. The number of methoxy groups -OCH3 is 1. The number of rotatable bonds is 6. The van der Waals surface area contributed by atoms with E-state index in [9.17, 15) is 13.6 Å². The fourth-order valence-corrected chi connectivity index (χ4v) is 5.68. The first-order valence-electron chi connectivity index (χ1n) is 12.2. The van der Waals surface area contributed by atoms with E-state index in [0.29, 0.717) is 44.7 Å². The van der Waals surface area contributed by atoms with Crippen molar-refractivity contribution in [2.24, 2.45) is 0 Å². The fourth-order valence-electron chi connectivity index (χ4n) is 4.68. The number of carbonyl (C=O) groups excluding carboxylic acids is 1. The molecule has 5 rings (SSSR count). The molecule has 3 aromatic rings. The van der Waals surface area contributed by atoms with E-state index in [2.05, 4.69) is 4.90 Å². The molecule has 1 amide bonds. The summed E-state index contributed by atoms with van der Waals surface area (Å²) in [4.78, 5) is 23.5. The van der Waals surface area contributed by atoms with Crippen molar-refractivity contribution in [1.82, 2.24) is 9.88 Å². The first-order valence-corrected chi connectivity index (χ1v) is 13.0. The van der Waals surface area contributed by atoms with E-state index in [0.717, 1.165) is 34.2 Å². The average molecular weight is 517 g/mol. The number of anilines is 2. The number of piperazine rings is 1. The number of piperidine rings is 1. The number of thiazole rings is 1. The number of ether oxygens (including phenoxy) is 2. The van der Waals surface area contributed by atoms with Gasteiger partial charge < -0.3 is 24.2 Å². The number of hydrogen-bond donors (Lipinski definition) is 0. The summed E-state index contributed by atoms with van der Waals surface area (Å²) in [6, 6.07) is 8.66. The smallest absolute Gasteiger partial charge is 0.248 e. The molecule has 0 spiro atoms. The van der Waals surface area contributed by atoms with Crippen LogP contribution in [0, 0.1) is 18.6 Å². The van der Waals surface area contributed by atoms with E-state index < -0.39 is 11.6 Å². The zero-order valence-corrected chi connectivity index (χ0v) is 21.3. The normalized spacial score (nSPS) is 17.2. The summed E-state index contributed by atoms with van der Waals surface area (Å²) in [6.07, 6.45) is 1.38. The molecule has 2 aliphatic rings. The molecule has 7 nitrogen and oxygen atoms in total. The SMILES string of the molecule is COc1ccc2sc(N3CCN(C(=O)COC4CCN(c5cc(F)c(C)c(F)c5)CC4)CC3)nc2c1. The van der Waals surface area contributed by atoms with Crippen molar-refractivity contribution in [3.05, 3.63) is 47.5 Å². The zero-order chi connectivity index (χ0) is 25.2. The van der Waals surface area contributed by atoms with Gasteiger partial charge in [0.15, 0.2) is 5.13 Å². The summed E-state index contributed by atoms with van der Waals surface area (Å²) >= 11 is 1.65. The molecule has 192 valence electrons. The summed E-state index contributed by atoms with van der Waals surface area (Å²) in [5, 5.41) is 0.960. The Kier molecular flexibility index (Phi) is 7.25. The largest absolute Gasteiger partial charge is 0.497 e. The van der Waals surface area contributed by atoms with E-state index >= 15 is 0 Å². The first kappa shape index (κ1) is 24.7. The van der Waals surface area contributed by atoms with Gasteiger partial charge in [0.05, 0.1) is 23.4 Å². The van der Waals surface area contributed by atoms with Gasteiger partial charge in [-0.2, -0.15) is 0 Å². The van der Waals surface area contributed by atoms with Crippen LogP contribution in [0.15, 0.2) is 30.3 Å². The third-order valence-corrected chi connectivity index (χ3v) is 8.10. The molecule has 3 heterocycles. The van der Waals surface area contributed by atoms with Crippen molar-refractivity contribution in [3.8, 4) is 5.75 Å². The second-order valence-corrected chi connectivity index (χ2v) is 10.2. The number of benzene rings is 2. The van der Waals surface area contributed by atoms with Gasteiger partial charge in [0.2, 0.25) is 5.91 Å². The molecule has 0 bridgehead atoms. The van der Waals surface area contributed by atoms with Gasteiger partial charge in [-0.1, -0.05) is 11.3 Å². The minimum Gasteiger partial charge on any atom is -0.497 e. The van der Waals surface area contributed by atoms with Gasteiger partial charge in [-0.05, 0) is 44.0 Å². The van der Waals surface area contributed by atoms with Crippen molar-refractivity contribution >= 4 is 38.3 Å². The van der Waals surface area contributed by atoms with Gasteiger partial charge in [0.25, 0.3) is 0 Å². The molecule has 0 saturated carbocycles. The van der Waals surface area contributed by atoms with Crippen molar-refractivity contribution < 1.29 is 23.0 Å². The lowest BCUT2D eigenvalue weighted by Crippen LogP contribution is -2.50. The van der Waals surface area contributed by atoms with Crippen LogP contribution in [0.25, 0.3) is 10.2 Å². The molecule has 2 aromatic carbocycles. The summed E-state index contributed by atoms with van der Waals surface area (Å²) in [6.45, 7) is 5.47. The topological polar surface area (TPSA) is 58.1 Å². The van der Waals surface area contributed by atoms with Gasteiger partial charge in [-0.15, -0.1) is 0 Å². The Labute approximate surface area is 213 Å². The standard InChI is InChI=1S/C26H30F2N4O3S/c1-17-21(27)13-18(14-22(17)28)30-7-5-19(6-8-30)35-16-25(33)31-9-11-32(12-10-31)26-29-23-15-20(34-2)3-4-24(23)36-26/h3-4,13-15,19H,5-12,16H2,1-2H3. The van der Waals surface area contributed by atoms with Crippen LogP contribution >= 0.6 is 11.3 Å². The summed E-state index contributed by atoms with van der Waals surface area (Å²) in [5.41, 5.74) is 1.51. The van der Waals surface area contributed by atoms with Gasteiger partial charge in [0, 0.05) is 56.6 Å². The molecular formula is C26H30F2N4O3S. The van der Waals surface area contributed by atoms with Crippen molar-refractivity contribution in [1.29, 1.82) is 0 Å². The third-order valence-electron chi connectivity index (χ3n) is 7.00. The first-order chi connectivity index (χ1) is 17.4. The molecule has 2 aliphatic heterocycles. The number of halogens is 2. The number of hydrogen-bond acceptors (Lipinski definition) is 7. The second kappa shape index (κ2) is 10.6. The minimum atomic E-state index is -0.530. The molecule has 2 saturated heterocycles. The second-order valence-electron chi connectivity index (χ2n) is 9.23. The summed E-state index contributed by atoms with van der Waals surface area (Å²) in [5.74, 6) is -0.276. The van der Waals surface area contributed by atoms with Crippen LogP contribution in [0.3, 0.4) is 0 Å². The maximum atomic E-state index is 13.9. The lowest BCUT2D eigenvalue weighted by atomic mass is 10.1. The number of fused-ring (bicyclic) bond motifs is 1. The highest BCUT2D eigenvalue weighted by molar-refractivity contribution is 7.22. The molecule has 0 radical (unpaired) electrons. The predicted molar refractivity (Wildman–Crippen MR) is 137 cm³/mol. The average Bonchev–Trinajstić information content (AvgIpc) is 3.34. The minimum absolute atomic E-state index is 0.00575. The lowest BCUT2D eigenvalue weighted by molar-refractivity contribution is -0.138. The van der Waals surface area contributed by atoms with Crippen LogP contribution in [0.4, 0.5) is 19.6 Å². The Hall–Kier alpha value is -2.98. The molecule has 0 atom stereocenters. The summed E-state index contributed by atoms with van der Waals surface area (Å²) in [7, 11) is 1.65. The number of aromatic nitrogens is 1. The van der Waals surface area contributed by atoms with E-state index in [1.165, 1.54) is 19.1 Å². The van der Waals surface area contributed by atoms with Crippen LogP contribution in [0.5, 0.6) is 5.75 Å². The van der Waals surface area contributed by atoms with Crippen molar-refractivity contribution in [3.63, 3.8) is 0 Å². The number of nitrogens with zero attached hydrogens (tertiary/aromatic N) is 4. The van der Waals surface area contributed by atoms with Crippen LogP contribution in [-0.4, -0.2) is 74.9 Å². The Morgan fingerprint density at radius 2 is 1.72 bits per heavy atom. The highest BCUT2D eigenvalue weighted by atomic mass is 32.1. The number of carbonyl (C=O) groups is 1. The van der Waals surface area contributed by atoms with Gasteiger partial charge in [-0.3, -0.25) is 4.79 Å². The Morgan fingerprint density at radius 3 is 2.39 bits per heavy atom. The van der Waals surface area contributed by atoms with E-state index in [-0.39, 0.29) is 24.2 Å². The van der Waals surface area contributed by atoms with Gasteiger partial charge in [-0.25, -0.2) is 13.8 Å². The molecule has 0 unspecified atom stereocenters. The molecule has 36 heavy (non-hydrogen) atoms. The monoisotopic (exact) mass is 516 g/mol. The molecule has 0 N–H and O–H groups in total. The van der Waals surface area contributed by atoms with Crippen LogP contribution in [-0.2, 0) is 9.53 Å². The fraction of sp³-hybridized carbons (Fsp3) is 0.462. The predicted octanol–water partition coefficient (Wildman–Crippen LogP) is 4.23. The third kappa shape index (κ3) is 5.24. The van der Waals surface area contributed by atoms with Crippen LogP contribution < -0.4 is 14.5 Å².